The van der Waals surface area contributed by atoms with Crippen LogP contribution in [0.1, 0.15) is 31.2 Å². The third-order valence-electron chi connectivity index (χ3n) is 4.99. The maximum absolute atomic E-state index is 13.2. The van der Waals surface area contributed by atoms with Gasteiger partial charge in [-0.05, 0) is 30.5 Å². The maximum Gasteiger partial charge on any atom is 0.240 e. The molecule has 0 aromatic heterocycles. The van der Waals surface area contributed by atoms with Gasteiger partial charge in [0.1, 0.15) is 12.4 Å². The molecule has 3 rings (SSSR count). The van der Waals surface area contributed by atoms with E-state index in [1.54, 1.807) is 12.1 Å². The number of benzene rings is 1. The van der Waals surface area contributed by atoms with E-state index in [0.717, 1.165) is 10.5 Å². The molecule has 0 aliphatic carbocycles. The third-order valence-corrected chi connectivity index (χ3v) is 4.99. The SMILES string of the molecule is O=C(CN1C(=O)CCC1=O)NCC1(c2ccc(F)cc2)CCOCC1. The van der Waals surface area contributed by atoms with Crippen molar-refractivity contribution in [2.24, 2.45) is 0 Å². The monoisotopic (exact) mass is 348 g/mol. The van der Waals surface area contributed by atoms with Crippen molar-refractivity contribution in [3.8, 4) is 0 Å². The van der Waals surface area contributed by atoms with Gasteiger partial charge in [-0.15, -0.1) is 0 Å². The number of imide groups is 1. The molecule has 134 valence electrons. The number of amides is 3. The second kappa shape index (κ2) is 7.31. The molecule has 2 heterocycles. The summed E-state index contributed by atoms with van der Waals surface area (Å²) in [6.45, 7) is 1.25. The number of hydrogen-bond acceptors (Lipinski definition) is 4. The average Bonchev–Trinajstić information content (AvgIpc) is 2.93. The Labute approximate surface area is 145 Å². The molecule has 2 fully saturated rings. The summed E-state index contributed by atoms with van der Waals surface area (Å²) in [7, 11) is 0. The zero-order valence-electron chi connectivity index (χ0n) is 13.9. The van der Waals surface area contributed by atoms with Crippen molar-refractivity contribution in [3.05, 3.63) is 35.6 Å². The lowest BCUT2D eigenvalue weighted by Crippen LogP contribution is -2.47. The van der Waals surface area contributed by atoms with E-state index in [-0.39, 0.29) is 48.3 Å². The highest BCUT2D eigenvalue weighted by atomic mass is 19.1. The second-order valence-electron chi connectivity index (χ2n) is 6.55. The summed E-state index contributed by atoms with van der Waals surface area (Å²) in [5.41, 5.74) is 0.617. The Kier molecular flexibility index (Phi) is 5.13. The second-order valence-corrected chi connectivity index (χ2v) is 6.55. The molecule has 0 atom stereocenters. The minimum atomic E-state index is -0.364. The molecule has 1 N–H and O–H groups in total. The smallest absolute Gasteiger partial charge is 0.240 e. The number of carbonyl (C=O) groups excluding carboxylic acids is 3. The van der Waals surface area contributed by atoms with Crippen LogP contribution in [0.2, 0.25) is 0 Å². The van der Waals surface area contributed by atoms with Crippen molar-refractivity contribution in [3.63, 3.8) is 0 Å². The van der Waals surface area contributed by atoms with Crippen LogP contribution >= 0.6 is 0 Å². The summed E-state index contributed by atoms with van der Waals surface area (Å²) in [6.07, 6.45) is 1.76. The fraction of sp³-hybridized carbons (Fsp3) is 0.500. The van der Waals surface area contributed by atoms with Crippen LogP contribution in [-0.2, 0) is 24.5 Å². The fourth-order valence-corrected chi connectivity index (χ4v) is 3.40. The van der Waals surface area contributed by atoms with Gasteiger partial charge in [0.25, 0.3) is 0 Å². The van der Waals surface area contributed by atoms with Crippen LogP contribution in [0, 0.1) is 5.82 Å². The van der Waals surface area contributed by atoms with E-state index in [9.17, 15) is 18.8 Å². The van der Waals surface area contributed by atoms with Crippen molar-refractivity contribution >= 4 is 17.7 Å². The van der Waals surface area contributed by atoms with Gasteiger partial charge in [-0.3, -0.25) is 19.3 Å². The summed E-state index contributed by atoms with van der Waals surface area (Å²) < 4.78 is 18.7. The van der Waals surface area contributed by atoms with Gasteiger partial charge >= 0.3 is 0 Å². The third kappa shape index (κ3) is 3.87. The van der Waals surface area contributed by atoms with E-state index in [1.165, 1.54) is 12.1 Å². The van der Waals surface area contributed by atoms with E-state index in [0.29, 0.717) is 32.6 Å². The molecule has 1 aromatic rings. The number of likely N-dealkylation sites (tertiary alicyclic amines) is 1. The molecule has 0 radical (unpaired) electrons. The number of nitrogens with one attached hydrogen (secondary N) is 1. The molecule has 25 heavy (non-hydrogen) atoms. The highest BCUT2D eigenvalue weighted by Crippen LogP contribution is 2.34. The van der Waals surface area contributed by atoms with Gasteiger partial charge < -0.3 is 10.1 Å². The van der Waals surface area contributed by atoms with Gasteiger partial charge in [-0.1, -0.05) is 12.1 Å². The number of ether oxygens (including phenoxy) is 1. The normalized spacial score (nSPS) is 20.0. The van der Waals surface area contributed by atoms with Crippen LogP contribution in [-0.4, -0.2) is 48.9 Å². The van der Waals surface area contributed by atoms with E-state index >= 15 is 0 Å². The lowest BCUT2D eigenvalue weighted by Gasteiger charge is -2.38. The van der Waals surface area contributed by atoms with Gasteiger partial charge in [-0.2, -0.15) is 0 Å². The van der Waals surface area contributed by atoms with E-state index in [2.05, 4.69) is 5.32 Å². The molecular weight excluding hydrogens is 327 g/mol. The highest BCUT2D eigenvalue weighted by Gasteiger charge is 2.36. The van der Waals surface area contributed by atoms with Crippen LogP contribution in [0.3, 0.4) is 0 Å². The summed E-state index contributed by atoms with van der Waals surface area (Å²) in [5, 5.41) is 2.84. The number of hydrogen-bond donors (Lipinski definition) is 1. The van der Waals surface area contributed by atoms with Gasteiger partial charge in [0.15, 0.2) is 0 Å². The summed E-state index contributed by atoms with van der Waals surface area (Å²) >= 11 is 0. The number of rotatable bonds is 5. The van der Waals surface area contributed by atoms with Gasteiger partial charge in [0, 0.05) is 38.0 Å². The Balaban J connectivity index is 1.66. The topological polar surface area (TPSA) is 75.7 Å². The van der Waals surface area contributed by atoms with Crippen molar-refractivity contribution in [1.82, 2.24) is 10.2 Å². The zero-order valence-corrected chi connectivity index (χ0v) is 13.9. The molecule has 2 aliphatic rings. The molecule has 7 heteroatoms. The lowest BCUT2D eigenvalue weighted by molar-refractivity contribution is -0.142. The van der Waals surface area contributed by atoms with E-state index < -0.39 is 0 Å². The molecule has 2 aliphatic heterocycles. The first kappa shape index (κ1) is 17.5. The predicted octanol–water partition coefficient (Wildman–Crippen LogP) is 1.14. The first-order valence-electron chi connectivity index (χ1n) is 8.44. The van der Waals surface area contributed by atoms with Crippen LogP contribution in [0.5, 0.6) is 0 Å². The Morgan fingerprint density at radius 3 is 2.32 bits per heavy atom. The molecule has 0 bridgehead atoms. The fourth-order valence-electron chi connectivity index (χ4n) is 3.40. The summed E-state index contributed by atoms with van der Waals surface area (Å²) in [5.74, 6) is -1.28. The number of halogens is 1. The van der Waals surface area contributed by atoms with E-state index in [1.807, 2.05) is 0 Å². The first-order valence-corrected chi connectivity index (χ1v) is 8.44. The number of nitrogens with zero attached hydrogens (tertiary/aromatic N) is 1. The molecule has 1 aromatic carbocycles. The molecular formula is C18H21FN2O4. The lowest BCUT2D eigenvalue weighted by atomic mass is 9.74. The first-order chi connectivity index (χ1) is 12.0. The highest BCUT2D eigenvalue weighted by molar-refractivity contribution is 6.04. The van der Waals surface area contributed by atoms with Crippen molar-refractivity contribution < 1.29 is 23.5 Å². The Bertz CT molecular complexity index is 652. The van der Waals surface area contributed by atoms with E-state index in [4.69, 9.17) is 4.74 Å². The zero-order chi connectivity index (χ0) is 17.9. The Morgan fingerprint density at radius 1 is 1.12 bits per heavy atom. The minimum absolute atomic E-state index is 0.170. The van der Waals surface area contributed by atoms with Crippen molar-refractivity contribution in [2.75, 3.05) is 26.3 Å². The van der Waals surface area contributed by atoms with Crippen LogP contribution in [0.15, 0.2) is 24.3 Å². The van der Waals surface area contributed by atoms with Gasteiger partial charge in [-0.25, -0.2) is 4.39 Å². The van der Waals surface area contributed by atoms with Crippen molar-refractivity contribution in [1.29, 1.82) is 0 Å². The van der Waals surface area contributed by atoms with Crippen LogP contribution in [0.4, 0.5) is 4.39 Å². The maximum atomic E-state index is 13.2. The standard InChI is InChI=1S/C18H21FN2O4/c19-14-3-1-13(2-4-14)18(7-9-25-10-8-18)12-20-15(22)11-21-16(23)5-6-17(21)24/h1-4H,5-12H2,(H,20,22). The van der Waals surface area contributed by atoms with Crippen LogP contribution in [0.25, 0.3) is 0 Å². The molecule has 0 spiro atoms. The molecule has 0 saturated carbocycles. The van der Waals surface area contributed by atoms with Gasteiger partial charge in [0.05, 0.1) is 0 Å². The quantitative estimate of drug-likeness (QED) is 0.810. The van der Waals surface area contributed by atoms with Crippen molar-refractivity contribution in [2.45, 2.75) is 31.1 Å². The molecule has 2 saturated heterocycles. The Morgan fingerprint density at radius 2 is 1.72 bits per heavy atom. The largest absolute Gasteiger partial charge is 0.381 e. The summed E-state index contributed by atoms with van der Waals surface area (Å²) in [6, 6.07) is 6.30. The Hall–Kier alpha value is -2.28. The summed E-state index contributed by atoms with van der Waals surface area (Å²) in [4.78, 5) is 36.4. The molecule has 6 nitrogen and oxygen atoms in total. The molecule has 0 unspecified atom stereocenters. The average molecular weight is 348 g/mol. The predicted molar refractivity (Wildman–Crippen MR) is 87.1 cm³/mol. The van der Waals surface area contributed by atoms with Gasteiger partial charge in [0.2, 0.25) is 17.7 Å². The number of carbonyl (C=O) groups is 3. The molecule has 3 amide bonds. The minimum Gasteiger partial charge on any atom is -0.381 e. The van der Waals surface area contributed by atoms with Crippen LogP contribution < -0.4 is 5.32 Å².